The first-order valence-electron chi connectivity index (χ1n) is 8.02. The maximum absolute atomic E-state index is 6.25. The molecular formula is C16H22BN3O2. The normalized spacial score (nSPS) is 22.5. The van der Waals surface area contributed by atoms with Crippen molar-refractivity contribution in [2.24, 2.45) is 0 Å². The van der Waals surface area contributed by atoms with E-state index in [9.17, 15) is 0 Å². The number of aromatic nitrogens is 3. The van der Waals surface area contributed by atoms with Crippen molar-refractivity contribution in [1.29, 1.82) is 0 Å². The summed E-state index contributed by atoms with van der Waals surface area (Å²) in [7, 11) is -0.328. The van der Waals surface area contributed by atoms with Crippen LogP contribution in [0.25, 0.3) is 5.65 Å². The monoisotopic (exact) mass is 299 g/mol. The molecule has 116 valence electrons. The third-order valence-electron chi connectivity index (χ3n) is 5.34. The molecule has 0 spiro atoms. The molecule has 0 atom stereocenters. The number of fused-ring (bicyclic) bond motifs is 3. The molecular weight excluding hydrogens is 277 g/mol. The number of pyridine rings is 1. The Labute approximate surface area is 131 Å². The number of nitrogens with zero attached hydrogens (tertiary/aromatic N) is 3. The zero-order valence-electron chi connectivity index (χ0n) is 13.9. The van der Waals surface area contributed by atoms with Crippen LogP contribution in [0.5, 0.6) is 0 Å². The van der Waals surface area contributed by atoms with E-state index in [0.717, 1.165) is 36.2 Å². The van der Waals surface area contributed by atoms with Crippen molar-refractivity contribution in [2.75, 3.05) is 0 Å². The van der Waals surface area contributed by atoms with E-state index in [0.29, 0.717) is 0 Å². The first-order valence-corrected chi connectivity index (χ1v) is 8.02. The van der Waals surface area contributed by atoms with Gasteiger partial charge in [0.25, 0.3) is 0 Å². The van der Waals surface area contributed by atoms with Gasteiger partial charge < -0.3 is 9.31 Å². The molecule has 2 aromatic rings. The van der Waals surface area contributed by atoms with Gasteiger partial charge in [-0.2, -0.15) is 5.10 Å². The fourth-order valence-electron chi connectivity index (χ4n) is 3.42. The number of hydrogen-bond acceptors (Lipinski definition) is 4. The molecule has 1 aliphatic heterocycles. The maximum atomic E-state index is 6.25. The lowest BCUT2D eigenvalue weighted by molar-refractivity contribution is 0.00578. The Morgan fingerprint density at radius 3 is 2.41 bits per heavy atom. The Morgan fingerprint density at radius 2 is 1.73 bits per heavy atom. The summed E-state index contributed by atoms with van der Waals surface area (Å²) in [5, 5.41) is 4.49. The van der Waals surface area contributed by atoms with Crippen LogP contribution in [0.2, 0.25) is 0 Å². The molecule has 3 heterocycles. The van der Waals surface area contributed by atoms with E-state index < -0.39 is 0 Å². The van der Waals surface area contributed by atoms with Crippen LogP contribution in [0.1, 0.15) is 51.1 Å². The second-order valence-corrected chi connectivity index (χ2v) is 7.41. The summed E-state index contributed by atoms with van der Waals surface area (Å²) in [6, 6.07) is 0. The fraction of sp³-hybridized carbons (Fsp3) is 0.625. The minimum absolute atomic E-state index is 0.323. The summed E-state index contributed by atoms with van der Waals surface area (Å²) in [4.78, 5) is 4.58. The average Bonchev–Trinajstić information content (AvgIpc) is 3.04. The van der Waals surface area contributed by atoms with Crippen LogP contribution < -0.4 is 5.46 Å². The number of rotatable bonds is 1. The van der Waals surface area contributed by atoms with Crippen molar-refractivity contribution in [2.45, 2.75) is 65.1 Å². The van der Waals surface area contributed by atoms with Crippen LogP contribution in [-0.2, 0) is 22.2 Å². The maximum Gasteiger partial charge on any atom is 0.496 e. The van der Waals surface area contributed by atoms with Crippen LogP contribution in [0, 0.1) is 6.92 Å². The third-order valence-corrected chi connectivity index (χ3v) is 5.34. The molecule has 0 saturated carbocycles. The van der Waals surface area contributed by atoms with E-state index >= 15 is 0 Å². The fourth-order valence-corrected chi connectivity index (χ4v) is 3.42. The van der Waals surface area contributed by atoms with Crippen LogP contribution in [0.15, 0.2) is 6.20 Å². The zero-order valence-corrected chi connectivity index (χ0v) is 13.9. The molecule has 2 aromatic heterocycles. The van der Waals surface area contributed by atoms with Crippen molar-refractivity contribution in [1.82, 2.24) is 14.6 Å². The highest BCUT2D eigenvalue weighted by Gasteiger charge is 2.52. The minimum Gasteiger partial charge on any atom is -0.399 e. The topological polar surface area (TPSA) is 48.7 Å². The quantitative estimate of drug-likeness (QED) is 0.754. The molecule has 0 radical (unpaired) electrons. The van der Waals surface area contributed by atoms with Crippen molar-refractivity contribution in [3.8, 4) is 0 Å². The van der Waals surface area contributed by atoms with Gasteiger partial charge in [0, 0.05) is 11.7 Å². The summed E-state index contributed by atoms with van der Waals surface area (Å²) in [5.74, 6) is 0.806. The van der Waals surface area contributed by atoms with E-state index in [1.165, 1.54) is 11.1 Å². The highest BCUT2D eigenvalue weighted by molar-refractivity contribution is 6.62. The van der Waals surface area contributed by atoms with Crippen molar-refractivity contribution in [3.63, 3.8) is 0 Å². The Balaban J connectivity index is 1.87. The predicted octanol–water partition coefficient (Wildman–Crippen LogP) is 1.83. The standard InChI is InChI=1S/C16H22BN3O2/c1-10-18-14-12-8-6-7-11(12)13(9-20(14)19-10)17-21-15(2,3)16(4,5)22-17/h9H,6-8H2,1-5H3. The van der Waals surface area contributed by atoms with Gasteiger partial charge in [0.15, 0.2) is 5.65 Å². The molecule has 22 heavy (non-hydrogen) atoms. The Hall–Kier alpha value is -1.40. The predicted molar refractivity (Wildman–Crippen MR) is 85.5 cm³/mol. The highest BCUT2D eigenvalue weighted by Crippen LogP contribution is 2.37. The third kappa shape index (κ3) is 1.86. The zero-order chi connectivity index (χ0) is 15.7. The van der Waals surface area contributed by atoms with E-state index in [-0.39, 0.29) is 18.3 Å². The molecule has 0 amide bonds. The Kier molecular flexibility index (Phi) is 2.80. The molecule has 6 heteroatoms. The molecule has 1 aliphatic carbocycles. The molecule has 0 unspecified atom stereocenters. The lowest BCUT2D eigenvalue weighted by Crippen LogP contribution is -2.41. The largest absolute Gasteiger partial charge is 0.496 e. The van der Waals surface area contributed by atoms with Gasteiger partial charge in [-0.1, -0.05) is 0 Å². The second-order valence-electron chi connectivity index (χ2n) is 7.41. The highest BCUT2D eigenvalue weighted by atomic mass is 16.7. The van der Waals surface area contributed by atoms with E-state index in [1.807, 2.05) is 17.6 Å². The van der Waals surface area contributed by atoms with E-state index in [1.54, 1.807) is 0 Å². The van der Waals surface area contributed by atoms with Gasteiger partial charge in [-0.3, -0.25) is 0 Å². The number of hydrogen-bond donors (Lipinski definition) is 0. The minimum atomic E-state index is -0.328. The average molecular weight is 299 g/mol. The molecule has 0 aromatic carbocycles. The van der Waals surface area contributed by atoms with Gasteiger partial charge in [0.1, 0.15) is 5.82 Å². The molecule has 4 rings (SSSR count). The van der Waals surface area contributed by atoms with Crippen LogP contribution in [0.3, 0.4) is 0 Å². The van der Waals surface area contributed by atoms with Crippen molar-refractivity contribution in [3.05, 3.63) is 23.1 Å². The Morgan fingerprint density at radius 1 is 1.09 bits per heavy atom. The molecule has 5 nitrogen and oxygen atoms in total. The Bertz CT molecular complexity index is 750. The van der Waals surface area contributed by atoms with Crippen molar-refractivity contribution >= 4 is 18.2 Å². The van der Waals surface area contributed by atoms with Crippen LogP contribution in [-0.4, -0.2) is 32.9 Å². The summed E-state index contributed by atoms with van der Waals surface area (Å²) in [6.45, 7) is 10.3. The molecule has 0 bridgehead atoms. The molecule has 0 N–H and O–H groups in total. The molecule has 1 saturated heterocycles. The van der Waals surface area contributed by atoms with Gasteiger partial charge >= 0.3 is 7.12 Å². The smallest absolute Gasteiger partial charge is 0.399 e. The molecule has 2 aliphatic rings. The number of aryl methyl sites for hydroxylation is 2. The molecule has 1 fully saturated rings. The summed E-state index contributed by atoms with van der Waals surface area (Å²) in [5.41, 5.74) is 4.12. The first kappa shape index (κ1) is 14.2. The van der Waals surface area contributed by atoms with Crippen LogP contribution >= 0.6 is 0 Å². The lowest BCUT2D eigenvalue weighted by atomic mass is 9.76. The van der Waals surface area contributed by atoms with Gasteiger partial charge in [-0.15, -0.1) is 0 Å². The lowest BCUT2D eigenvalue weighted by Gasteiger charge is -2.32. The van der Waals surface area contributed by atoms with Gasteiger partial charge in [-0.05, 0) is 65.0 Å². The summed E-state index contributed by atoms with van der Waals surface area (Å²) in [6.07, 6.45) is 5.33. The summed E-state index contributed by atoms with van der Waals surface area (Å²) >= 11 is 0. The van der Waals surface area contributed by atoms with E-state index in [2.05, 4.69) is 37.8 Å². The van der Waals surface area contributed by atoms with Crippen LogP contribution in [0.4, 0.5) is 0 Å². The van der Waals surface area contributed by atoms with Gasteiger partial charge in [0.2, 0.25) is 0 Å². The van der Waals surface area contributed by atoms with Gasteiger partial charge in [-0.25, -0.2) is 9.50 Å². The summed E-state index contributed by atoms with van der Waals surface area (Å²) < 4.78 is 14.4. The second kappa shape index (κ2) is 4.33. The first-order chi connectivity index (χ1) is 10.3. The van der Waals surface area contributed by atoms with E-state index in [4.69, 9.17) is 9.31 Å². The SMILES string of the molecule is Cc1nc2c3c(c(B4OC(C)(C)C(C)(C)O4)cn2n1)CCC3. The van der Waals surface area contributed by atoms with Gasteiger partial charge in [0.05, 0.1) is 11.2 Å². The van der Waals surface area contributed by atoms with Crippen molar-refractivity contribution < 1.29 is 9.31 Å².